The van der Waals surface area contributed by atoms with Crippen LogP contribution in [0.25, 0.3) is 0 Å². The third-order valence-corrected chi connectivity index (χ3v) is 4.05. The summed E-state index contributed by atoms with van der Waals surface area (Å²) in [5, 5.41) is 9.02. The topological polar surface area (TPSA) is 55.8 Å². The Hall–Kier alpha value is -1.30. The first-order chi connectivity index (χ1) is 8.95. The Kier molecular flexibility index (Phi) is 3.71. The van der Waals surface area contributed by atoms with Gasteiger partial charge in [-0.2, -0.15) is 0 Å². The maximum atomic E-state index is 13.8. The van der Waals surface area contributed by atoms with Gasteiger partial charge in [0.2, 0.25) is 0 Å². The molecular weight excluding hydrogens is 319 g/mol. The second-order valence-corrected chi connectivity index (χ2v) is 5.49. The summed E-state index contributed by atoms with van der Waals surface area (Å²) in [6.07, 6.45) is 1.48. The van der Waals surface area contributed by atoms with E-state index < -0.39 is 17.2 Å². The zero-order valence-corrected chi connectivity index (χ0v) is 12.2. The minimum absolute atomic E-state index is 0.00323. The van der Waals surface area contributed by atoms with Crippen LogP contribution in [0, 0.1) is 5.82 Å². The van der Waals surface area contributed by atoms with Crippen molar-refractivity contribution in [3.63, 3.8) is 0 Å². The largest absolute Gasteiger partial charge is 0.492 e. The summed E-state index contributed by atoms with van der Waals surface area (Å²) in [6.45, 7) is 0. The van der Waals surface area contributed by atoms with Gasteiger partial charge in [0.15, 0.2) is 17.3 Å². The SMILES string of the molecule is COc1c(F)cc(Br)c(C2(CC(=O)O)CC2)c1OC. The molecule has 1 aromatic carbocycles. The van der Waals surface area contributed by atoms with Gasteiger partial charge in [0, 0.05) is 15.5 Å². The van der Waals surface area contributed by atoms with Gasteiger partial charge in [-0.05, 0) is 18.9 Å². The van der Waals surface area contributed by atoms with Crippen molar-refractivity contribution in [1.29, 1.82) is 0 Å². The van der Waals surface area contributed by atoms with Gasteiger partial charge in [0.25, 0.3) is 0 Å². The van der Waals surface area contributed by atoms with Crippen molar-refractivity contribution < 1.29 is 23.8 Å². The van der Waals surface area contributed by atoms with Crippen LogP contribution in [0.15, 0.2) is 10.5 Å². The Morgan fingerprint density at radius 1 is 1.42 bits per heavy atom. The fourth-order valence-corrected chi connectivity index (χ4v) is 3.22. The van der Waals surface area contributed by atoms with Crippen LogP contribution < -0.4 is 9.47 Å². The van der Waals surface area contributed by atoms with E-state index in [1.54, 1.807) is 0 Å². The highest BCUT2D eigenvalue weighted by atomic mass is 79.9. The fraction of sp³-hybridized carbons (Fsp3) is 0.462. The van der Waals surface area contributed by atoms with Gasteiger partial charge in [-0.15, -0.1) is 0 Å². The number of hydrogen-bond donors (Lipinski definition) is 1. The van der Waals surface area contributed by atoms with Crippen molar-refractivity contribution in [1.82, 2.24) is 0 Å². The molecule has 1 fully saturated rings. The third-order valence-electron chi connectivity index (χ3n) is 3.42. The smallest absolute Gasteiger partial charge is 0.304 e. The Morgan fingerprint density at radius 3 is 2.42 bits per heavy atom. The van der Waals surface area contributed by atoms with Crippen molar-refractivity contribution in [3.05, 3.63) is 21.9 Å². The molecule has 0 bridgehead atoms. The number of aliphatic carboxylic acids is 1. The van der Waals surface area contributed by atoms with E-state index in [0.717, 1.165) is 12.8 Å². The van der Waals surface area contributed by atoms with Gasteiger partial charge in [-0.25, -0.2) is 4.39 Å². The minimum atomic E-state index is -0.880. The molecule has 1 N–H and O–H groups in total. The van der Waals surface area contributed by atoms with Crippen molar-refractivity contribution in [2.45, 2.75) is 24.7 Å². The van der Waals surface area contributed by atoms with E-state index in [9.17, 15) is 9.18 Å². The van der Waals surface area contributed by atoms with E-state index in [1.807, 2.05) is 0 Å². The number of carboxylic acids is 1. The molecule has 1 aliphatic carbocycles. The van der Waals surface area contributed by atoms with E-state index in [-0.39, 0.29) is 17.9 Å². The molecule has 6 heteroatoms. The summed E-state index contributed by atoms with van der Waals surface area (Å²) in [7, 11) is 2.78. The number of methoxy groups -OCH3 is 2. The van der Waals surface area contributed by atoms with Crippen LogP contribution in [0.1, 0.15) is 24.8 Å². The molecular formula is C13H14BrFO4. The highest BCUT2D eigenvalue weighted by molar-refractivity contribution is 9.10. The maximum absolute atomic E-state index is 13.8. The van der Waals surface area contributed by atoms with Gasteiger partial charge in [0.1, 0.15) is 0 Å². The van der Waals surface area contributed by atoms with Gasteiger partial charge in [0.05, 0.1) is 20.6 Å². The molecule has 0 aliphatic heterocycles. The average molecular weight is 333 g/mol. The highest BCUT2D eigenvalue weighted by Gasteiger charge is 2.50. The molecule has 0 heterocycles. The number of rotatable bonds is 5. The van der Waals surface area contributed by atoms with Crippen LogP contribution in [0.4, 0.5) is 4.39 Å². The Bertz CT molecular complexity index is 526. The lowest BCUT2D eigenvalue weighted by Crippen LogP contribution is -2.15. The molecule has 0 spiro atoms. The van der Waals surface area contributed by atoms with Crippen molar-refractivity contribution in [2.75, 3.05) is 14.2 Å². The van der Waals surface area contributed by atoms with Crippen molar-refractivity contribution in [2.24, 2.45) is 0 Å². The molecule has 1 saturated carbocycles. The average Bonchev–Trinajstić information content (AvgIpc) is 3.07. The van der Waals surface area contributed by atoms with E-state index in [4.69, 9.17) is 14.6 Å². The fourth-order valence-electron chi connectivity index (χ4n) is 2.41. The normalized spacial score (nSPS) is 16.0. The summed E-state index contributed by atoms with van der Waals surface area (Å²) in [4.78, 5) is 11.0. The summed E-state index contributed by atoms with van der Waals surface area (Å²) < 4.78 is 24.6. The highest BCUT2D eigenvalue weighted by Crippen LogP contribution is 2.58. The molecule has 0 unspecified atom stereocenters. The minimum Gasteiger partial charge on any atom is -0.492 e. The zero-order valence-electron chi connectivity index (χ0n) is 10.6. The maximum Gasteiger partial charge on any atom is 0.304 e. The van der Waals surface area contributed by atoms with E-state index in [2.05, 4.69) is 15.9 Å². The standard InChI is InChI=1S/C13H14BrFO4/c1-18-11-8(15)5-7(14)10(12(11)19-2)13(3-4-13)6-9(16)17/h5H,3-4,6H2,1-2H3,(H,16,17). The Morgan fingerprint density at radius 2 is 2.00 bits per heavy atom. The van der Waals surface area contributed by atoms with E-state index in [1.165, 1.54) is 20.3 Å². The molecule has 1 aromatic rings. The lowest BCUT2D eigenvalue weighted by atomic mass is 9.91. The molecule has 0 atom stereocenters. The van der Waals surface area contributed by atoms with Crippen LogP contribution >= 0.6 is 15.9 Å². The molecule has 0 amide bonds. The van der Waals surface area contributed by atoms with Crippen molar-refractivity contribution in [3.8, 4) is 11.5 Å². The van der Waals surface area contributed by atoms with E-state index in [0.29, 0.717) is 10.0 Å². The first kappa shape index (κ1) is 14.1. The van der Waals surface area contributed by atoms with Gasteiger partial charge in [-0.1, -0.05) is 15.9 Å². The van der Waals surface area contributed by atoms with Crippen molar-refractivity contribution >= 4 is 21.9 Å². The zero-order chi connectivity index (χ0) is 14.2. The van der Waals surface area contributed by atoms with E-state index >= 15 is 0 Å². The quantitative estimate of drug-likeness (QED) is 0.900. The second kappa shape index (κ2) is 5.00. The Labute approximate surface area is 118 Å². The number of benzene rings is 1. The van der Waals surface area contributed by atoms with Gasteiger partial charge in [-0.3, -0.25) is 4.79 Å². The number of halogens is 2. The predicted octanol–water partition coefficient (Wildman–Crippen LogP) is 3.11. The van der Waals surface area contributed by atoms with Crippen LogP contribution in [0.5, 0.6) is 11.5 Å². The molecule has 0 radical (unpaired) electrons. The number of carbonyl (C=O) groups is 1. The van der Waals surface area contributed by atoms with Crippen LogP contribution in [-0.2, 0) is 10.2 Å². The Balaban J connectivity index is 2.59. The predicted molar refractivity (Wildman–Crippen MR) is 70.4 cm³/mol. The summed E-state index contributed by atoms with van der Waals surface area (Å²) >= 11 is 3.30. The lowest BCUT2D eigenvalue weighted by molar-refractivity contribution is -0.137. The van der Waals surface area contributed by atoms with Crippen LogP contribution in [0.2, 0.25) is 0 Å². The molecule has 0 aromatic heterocycles. The molecule has 104 valence electrons. The number of hydrogen-bond acceptors (Lipinski definition) is 3. The summed E-state index contributed by atoms with van der Waals surface area (Å²) in [6, 6.07) is 1.29. The summed E-state index contributed by atoms with van der Waals surface area (Å²) in [5.41, 5.74) is 0.187. The van der Waals surface area contributed by atoms with Crippen LogP contribution in [-0.4, -0.2) is 25.3 Å². The third kappa shape index (κ3) is 2.41. The van der Waals surface area contributed by atoms with Gasteiger partial charge < -0.3 is 14.6 Å². The number of ether oxygens (including phenoxy) is 2. The molecule has 4 nitrogen and oxygen atoms in total. The first-order valence-corrected chi connectivity index (χ1v) is 6.57. The number of carboxylic acid groups (broad SMARTS) is 1. The lowest BCUT2D eigenvalue weighted by Gasteiger charge is -2.21. The first-order valence-electron chi connectivity index (χ1n) is 5.77. The molecule has 2 rings (SSSR count). The monoisotopic (exact) mass is 332 g/mol. The molecule has 0 saturated heterocycles. The molecule has 19 heavy (non-hydrogen) atoms. The summed E-state index contributed by atoms with van der Waals surface area (Å²) in [5.74, 6) is -1.14. The van der Waals surface area contributed by atoms with Crippen LogP contribution in [0.3, 0.4) is 0 Å². The van der Waals surface area contributed by atoms with Gasteiger partial charge >= 0.3 is 5.97 Å². The second-order valence-electron chi connectivity index (χ2n) is 4.63. The molecule has 1 aliphatic rings.